The molecule has 0 atom stereocenters. The molecule has 0 saturated carbocycles. The zero-order valence-electron chi connectivity index (χ0n) is 12.1. The lowest BCUT2D eigenvalue weighted by molar-refractivity contribution is 0.0951. The van der Waals surface area contributed by atoms with E-state index in [1.807, 2.05) is 51.4 Å². The van der Waals surface area contributed by atoms with Crippen molar-refractivity contribution in [1.82, 2.24) is 15.1 Å². The number of carbonyl (C=O) groups is 1. The molecule has 2 rings (SSSR count). The second kappa shape index (κ2) is 6.23. The summed E-state index contributed by atoms with van der Waals surface area (Å²) in [5.41, 5.74) is 2.49. The van der Waals surface area contributed by atoms with Crippen molar-refractivity contribution in [2.45, 2.75) is 26.4 Å². The van der Waals surface area contributed by atoms with Crippen LogP contribution in [0.15, 0.2) is 36.7 Å². The van der Waals surface area contributed by atoms with E-state index in [0.717, 1.165) is 11.3 Å². The highest BCUT2D eigenvalue weighted by molar-refractivity contribution is 5.99. The second-order valence-electron chi connectivity index (χ2n) is 5.05. The van der Waals surface area contributed by atoms with E-state index in [2.05, 4.69) is 15.7 Å². The van der Waals surface area contributed by atoms with Crippen LogP contribution in [-0.2, 0) is 13.6 Å². The molecule has 1 amide bonds. The van der Waals surface area contributed by atoms with Crippen LogP contribution in [0.5, 0.6) is 0 Å². The van der Waals surface area contributed by atoms with Crippen LogP contribution in [0.4, 0.5) is 5.69 Å². The fourth-order valence-corrected chi connectivity index (χ4v) is 1.96. The summed E-state index contributed by atoms with van der Waals surface area (Å²) in [6.07, 6.45) is 3.64. The molecule has 20 heavy (non-hydrogen) atoms. The molecule has 0 bridgehead atoms. The normalized spacial score (nSPS) is 10.6. The molecule has 0 saturated heterocycles. The highest BCUT2D eigenvalue weighted by Crippen LogP contribution is 2.16. The molecule has 2 N–H and O–H groups in total. The Hall–Kier alpha value is -2.30. The third-order valence-electron chi connectivity index (χ3n) is 2.83. The molecule has 0 aliphatic rings. The first-order chi connectivity index (χ1) is 9.56. The third-order valence-corrected chi connectivity index (χ3v) is 2.83. The number of hydrogen-bond donors (Lipinski definition) is 2. The van der Waals surface area contributed by atoms with Gasteiger partial charge < -0.3 is 10.6 Å². The van der Waals surface area contributed by atoms with E-state index in [1.54, 1.807) is 10.9 Å². The molecular weight excluding hydrogens is 252 g/mol. The van der Waals surface area contributed by atoms with Crippen molar-refractivity contribution in [3.8, 4) is 0 Å². The van der Waals surface area contributed by atoms with Gasteiger partial charge in [-0.25, -0.2) is 0 Å². The van der Waals surface area contributed by atoms with Gasteiger partial charge in [0.25, 0.3) is 5.91 Å². The number of amides is 1. The van der Waals surface area contributed by atoms with Crippen LogP contribution in [0, 0.1) is 0 Å². The van der Waals surface area contributed by atoms with Crippen molar-refractivity contribution in [1.29, 1.82) is 0 Å². The lowest BCUT2D eigenvalue weighted by atomic mass is 10.1. The second-order valence-corrected chi connectivity index (χ2v) is 5.05. The highest BCUT2D eigenvalue weighted by Gasteiger charge is 2.11. The van der Waals surface area contributed by atoms with Gasteiger partial charge in [0.15, 0.2) is 0 Å². The molecule has 1 aromatic carbocycles. The standard InChI is InChI=1S/C15H20N4O/c1-11(2)18-14-7-5-4-6-13(14)15(20)16-8-12-9-17-19(3)10-12/h4-7,9-11,18H,8H2,1-3H3,(H,16,20). The summed E-state index contributed by atoms with van der Waals surface area (Å²) >= 11 is 0. The largest absolute Gasteiger partial charge is 0.382 e. The summed E-state index contributed by atoms with van der Waals surface area (Å²) in [5, 5.41) is 10.3. The average Bonchev–Trinajstić information content (AvgIpc) is 2.82. The van der Waals surface area contributed by atoms with Crippen LogP contribution in [0.2, 0.25) is 0 Å². The van der Waals surface area contributed by atoms with Crippen molar-refractivity contribution in [3.63, 3.8) is 0 Å². The number of hydrogen-bond acceptors (Lipinski definition) is 3. The van der Waals surface area contributed by atoms with Gasteiger partial charge in [-0.2, -0.15) is 5.10 Å². The van der Waals surface area contributed by atoms with E-state index < -0.39 is 0 Å². The summed E-state index contributed by atoms with van der Waals surface area (Å²) in [5.74, 6) is -0.0856. The van der Waals surface area contributed by atoms with E-state index in [0.29, 0.717) is 12.1 Å². The number of carbonyl (C=O) groups excluding carboxylic acids is 1. The first-order valence-electron chi connectivity index (χ1n) is 6.67. The third kappa shape index (κ3) is 3.60. The van der Waals surface area contributed by atoms with Gasteiger partial charge in [-0.3, -0.25) is 9.48 Å². The number of benzene rings is 1. The minimum absolute atomic E-state index is 0.0856. The zero-order chi connectivity index (χ0) is 14.5. The SMILES string of the molecule is CC(C)Nc1ccccc1C(=O)NCc1cnn(C)c1. The molecule has 1 aromatic heterocycles. The summed E-state index contributed by atoms with van der Waals surface area (Å²) < 4.78 is 1.72. The first-order valence-corrected chi connectivity index (χ1v) is 6.67. The number of nitrogens with zero attached hydrogens (tertiary/aromatic N) is 2. The number of aromatic nitrogens is 2. The minimum atomic E-state index is -0.0856. The number of aryl methyl sites for hydroxylation is 1. The molecule has 0 spiro atoms. The maximum atomic E-state index is 12.2. The fourth-order valence-electron chi connectivity index (χ4n) is 1.96. The average molecular weight is 272 g/mol. The molecular formula is C15H20N4O. The summed E-state index contributed by atoms with van der Waals surface area (Å²) in [6.45, 7) is 4.57. The quantitative estimate of drug-likeness (QED) is 0.877. The van der Waals surface area contributed by atoms with Crippen molar-refractivity contribution >= 4 is 11.6 Å². The van der Waals surface area contributed by atoms with Gasteiger partial charge in [0.05, 0.1) is 11.8 Å². The van der Waals surface area contributed by atoms with Crippen LogP contribution >= 0.6 is 0 Å². The maximum absolute atomic E-state index is 12.2. The number of nitrogens with one attached hydrogen (secondary N) is 2. The van der Waals surface area contributed by atoms with Gasteiger partial charge in [0.1, 0.15) is 0 Å². The Morgan fingerprint density at radius 2 is 2.10 bits per heavy atom. The highest BCUT2D eigenvalue weighted by atomic mass is 16.1. The van der Waals surface area contributed by atoms with Gasteiger partial charge >= 0.3 is 0 Å². The van der Waals surface area contributed by atoms with E-state index in [-0.39, 0.29) is 11.9 Å². The molecule has 106 valence electrons. The maximum Gasteiger partial charge on any atom is 0.253 e. The number of rotatable bonds is 5. The van der Waals surface area contributed by atoms with Crippen molar-refractivity contribution in [3.05, 3.63) is 47.8 Å². The topological polar surface area (TPSA) is 59.0 Å². The van der Waals surface area contributed by atoms with E-state index in [9.17, 15) is 4.79 Å². The Kier molecular flexibility index (Phi) is 4.40. The fraction of sp³-hybridized carbons (Fsp3) is 0.333. The van der Waals surface area contributed by atoms with Crippen molar-refractivity contribution < 1.29 is 4.79 Å². The van der Waals surface area contributed by atoms with Gasteiger partial charge in [-0.1, -0.05) is 12.1 Å². The lowest BCUT2D eigenvalue weighted by Gasteiger charge is -2.14. The molecule has 1 heterocycles. The molecule has 2 aromatic rings. The predicted molar refractivity (Wildman–Crippen MR) is 79.6 cm³/mol. The first kappa shape index (κ1) is 14.1. The van der Waals surface area contributed by atoms with Gasteiger partial charge in [-0.05, 0) is 26.0 Å². The van der Waals surface area contributed by atoms with Gasteiger partial charge in [-0.15, -0.1) is 0 Å². The molecule has 0 unspecified atom stereocenters. The Balaban J connectivity index is 2.05. The summed E-state index contributed by atoms with van der Waals surface area (Å²) in [4.78, 5) is 12.2. The Bertz CT molecular complexity index is 589. The molecule has 0 radical (unpaired) electrons. The molecule has 0 fully saturated rings. The Morgan fingerprint density at radius 3 is 2.75 bits per heavy atom. The molecule has 5 nitrogen and oxygen atoms in total. The summed E-state index contributed by atoms with van der Waals surface area (Å²) in [6, 6.07) is 7.80. The van der Waals surface area contributed by atoms with Crippen molar-refractivity contribution in [2.24, 2.45) is 7.05 Å². The molecule has 0 aliphatic carbocycles. The molecule has 5 heteroatoms. The van der Waals surface area contributed by atoms with Crippen LogP contribution in [-0.4, -0.2) is 21.7 Å². The predicted octanol–water partition coefficient (Wildman–Crippen LogP) is 2.17. The van der Waals surface area contributed by atoms with Gasteiger partial charge in [0.2, 0.25) is 0 Å². The zero-order valence-corrected chi connectivity index (χ0v) is 12.1. The van der Waals surface area contributed by atoms with Crippen LogP contribution in [0.25, 0.3) is 0 Å². The minimum Gasteiger partial charge on any atom is -0.382 e. The van der Waals surface area contributed by atoms with Crippen molar-refractivity contribution in [2.75, 3.05) is 5.32 Å². The molecule has 0 aliphatic heterocycles. The van der Waals surface area contributed by atoms with E-state index >= 15 is 0 Å². The number of para-hydroxylation sites is 1. The number of anilines is 1. The summed E-state index contributed by atoms with van der Waals surface area (Å²) in [7, 11) is 1.85. The van der Waals surface area contributed by atoms with Crippen LogP contribution < -0.4 is 10.6 Å². The van der Waals surface area contributed by atoms with Crippen LogP contribution in [0.3, 0.4) is 0 Å². The Labute approximate surface area is 119 Å². The lowest BCUT2D eigenvalue weighted by Crippen LogP contribution is -2.24. The van der Waals surface area contributed by atoms with Gasteiger partial charge in [0, 0.05) is 37.1 Å². The van der Waals surface area contributed by atoms with Crippen LogP contribution in [0.1, 0.15) is 29.8 Å². The van der Waals surface area contributed by atoms with E-state index in [4.69, 9.17) is 0 Å². The van der Waals surface area contributed by atoms with E-state index in [1.165, 1.54) is 0 Å². The Morgan fingerprint density at radius 1 is 1.35 bits per heavy atom. The monoisotopic (exact) mass is 272 g/mol. The smallest absolute Gasteiger partial charge is 0.253 e.